The first-order chi connectivity index (χ1) is 6.95. The smallest absolute Gasteiger partial charge is 0.0431 e. The maximum atomic E-state index is 3.26. The molecule has 1 heteroatoms. The van der Waals surface area contributed by atoms with Crippen molar-refractivity contribution >= 4 is 5.69 Å². The van der Waals surface area contributed by atoms with Crippen molar-refractivity contribution in [2.24, 2.45) is 0 Å². The third kappa shape index (κ3) is 2.53. The van der Waals surface area contributed by atoms with Gasteiger partial charge in [0.15, 0.2) is 0 Å². The number of benzene rings is 1. The van der Waals surface area contributed by atoms with E-state index in [2.05, 4.69) is 64.9 Å². The molecule has 0 amide bonds. The molecule has 0 bridgehead atoms. The van der Waals surface area contributed by atoms with Crippen LogP contribution in [0, 0.1) is 6.07 Å². The Balaban J connectivity index is 3.35. The molecule has 0 saturated heterocycles. The van der Waals surface area contributed by atoms with Crippen LogP contribution in [-0.4, -0.2) is 14.1 Å². The van der Waals surface area contributed by atoms with Crippen LogP contribution in [0.3, 0.4) is 0 Å². The van der Waals surface area contributed by atoms with Gasteiger partial charge in [-0.2, -0.15) is 0 Å². The van der Waals surface area contributed by atoms with Crippen molar-refractivity contribution in [2.45, 2.75) is 39.5 Å². The fourth-order valence-corrected chi connectivity index (χ4v) is 1.92. The number of hydrogen-bond donors (Lipinski definition) is 0. The summed E-state index contributed by atoms with van der Waals surface area (Å²) in [4.78, 5) is 2.22. The molecule has 0 fully saturated rings. The van der Waals surface area contributed by atoms with Gasteiger partial charge in [-0.3, -0.25) is 0 Å². The Kier molecular flexibility index (Phi) is 3.78. The van der Waals surface area contributed by atoms with E-state index < -0.39 is 0 Å². The molecular formula is C14H22N. The fourth-order valence-electron chi connectivity index (χ4n) is 1.92. The molecule has 0 unspecified atom stereocenters. The molecular weight excluding hydrogens is 182 g/mol. The minimum Gasteiger partial charge on any atom is -0.377 e. The van der Waals surface area contributed by atoms with E-state index >= 15 is 0 Å². The van der Waals surface area contributed by atoms with Gasteiger partial charge in [0.2, 0.25) is 0 Å². The van der Waals surface area contributed by atoms with Crippen molar-refractivity contribution in [1.82, 2.24) is 0 Å². The van der Waals surface area contributed by atoms with E-state index in [1.807, 2.05) is 0 Å². The summed E-state index contributed by atoms with van der Waals surface area (Å²) in [6, 6.07) is 7.49. The lowest BCUT2D eigenvalue weighted by Crippen LogP contribution is -2.15. The predicted octanol–water partition coefficient (Wildman–Crippen LogP) is 3.80. The second kappa shape index (κ2) is 4.69. The van der Waals surface area contributed by atoms with Crippen LogP contribution in [0.5, 0.6) is 0 Å². The van der Waals surface area contributed by atoms with Gasteiger partial charge in [0, 0.05) is 19.8 Å². The quantitative estimate of drug-likeness (QED) is 0.724. The van der Waals surface area contributed by atoms with E-state index in [0.29, 0.717) is 11.8 Å². The molecule has 1 aromatic carbocycles. The molecule has 1 rings (SSSR count). The molecule has 1 aromatic rings. The van der Waals surface area contributed by atoms with Gasteiger partial charge < -0.3 is 4.90 Å². The highest BCUT2D eigenvalue weighted by atomic mass is 15.1. The van der Waals surface area contributed by atoms with Gasteiger partial charge in [0.25, 0.3) is 0 Å². The third-order valence-corrected chi connectivity index (χ3v) is 2.72. The largest absolute Gasteiger partial charge is 0.377 e. The van der Waals surface area contributed by atoms with Crippen LogP contribution in [0.4, 0.5) is 5.69 Å². The molecule has 1 nitrogen and oxygen atoms in total. The normalized spacial score (nSPS) is 11.2. The Morgan fingerprint density at radius 1 is 0.933 bits per heavy atom. The average Bonchev–Trinajstić information content (AvgIpc) is 2.16. The summed E-state index contributed by atoms with van der Waals surface area (Å²) in [5, 5.41) is 0. The molecule has 0 heterocycles. The summed E-state index contributed by atoms with van der Waals surface area (Å²) in [6.07, 6.45) is 0. The first kappa shape index (κ1) is 12.1. The molecule has 0 aliphatic rings. The van der Waals surface area contributed by atoms with E-state index in [0.717, 1.165) is 0 Å². The van der Waals surface area contributed by atoms with Crippen LogP contribution >= 0.6 is 0 Å². The highest BCUT2D eigenvalue weighted by Crippen LogP contribution is 2.33. The van der Waals surface area contributed by atoms with Crippen molar-refractivity contribution < 1.29 is 0 Å². The number of nitrogens with zero attached hydrogens (tertiary/aromatic N) is 1. The molecule has 0 aliphatic heterocycles. The lowest BCUT2D eigenvalue weighted by atomic mass is 9.92. The highest BCUT2D eigenvalue weighted by molar-refractivity contribution is 5.60. The fraction of sp³-hybridized carbons (Fsp3) is 0.571. The van der Waals surface area contributed by atoms with E-state index in [-0.39, 0.29) is 0 Å². The molecule has 0 saturated carbocycles. The van der Waals surface area contributed by atoms with Crippen LogP contribution in [0.15, 0.2) is 12.1 Å². The lowest BCUT2D eigenvalue weighted by Gasteiger charge is -2.25. The zero-order valence-electron chi connectivity index (χ0n) is 10.8. The Morgan fingerprint density at radius 3 is 1.60 bits per heavy atom. The van der Waals surface area contributed by atoms with E-state index in [1.165, 1.54) is 16.8 Å². The Bertz CT molecular complexity index is 298. The first-order valence-electron chi connectivity index (χ1n) is 5.66. The molecule has 0 atom stereocenters. The zero-order chi connectivity index (χ0) is 11.6. The molecule has 0 aromatic heterocycles. The van der Waals surface area contributed by atoms with E-state index in [1.54, 1.807) is 0 Å². The summed E-state index contributed by atoms with van der Waals surface area (Å²) in [5.41, 5.74) is 4.16. The van der Waals surface area contributed by atoms with Gasteiger partial charge in [-0.25, -0.2) is 0 Å². The lowest BCUT2D eigenvalue weighted by molar-refractivity contribution is 0.822. The van der Waals surface area contributed by atoms with Gasteiger partial charge in [-0.1, -0.05) is 27.7 Å². The molecule has 15 heavy (non-hydrogen) atoms. The van der Waals surface area contributed by atoms with Crippen molar-refractivity contribution in [2.75, 3.05) is 19.0 Å². The van der Waals surface area contributed by atoms with Gasteiger partial charge in [0.1, 0.15) is 0 Å². The van der Waals surface area contributed by atoms with Gasteiger partial charge >= 0.3 is 0 Å². The van der Waals surface area contributed by atoms with E-state index in [4.69, 9.17) is 0 Å². The Hall–Kier alpha value is -0.980. The van der Waals surface area contributed by atoms with Crippen molar-refractivity contribution in [1.29, 1.82) is 0 Å². The minimum absolute atomic E-state index is 0.553. The van der Waals surface area contributed by atoms with Gasteiger partial charge in [-0.05, 0) is 41.2 Å². The van der Waals surface area contributed by atoms with Crippen molar-refractivity contribution in [3.63, 3.8) is 0 Å². The monoisotopic (exact) mass is 204 g/mol. The summed E-state index contributed by atoms with van der Waals surface area (Å²) in [6.45, 7) is 8.95. The van der Waals surface area contributed by atoms with Crippen LogP contribution in [0.2, 0.25) is 0 Å². The molecule has 0 aliphatic carbocycles. The molecule has 0 N–H and O–H groups in total. The average molecular weight is 204 g/mol. The number of rotatable bonds is 3. The summed E-state index contributed by atoms with van der Waals surface area (Å²) in [5.74, 6) is 1.11. The summed E-state index contributed by atoms with van der Waals surface area (Å²) in [7, 11) is 4.24. The van der Waals surface area contributed by atoms with Gasteiger partial charge in [0.05, 0.1) is 0 Å². The minimum atomic E-state index is 0.553. The molecule has 1 radical (unpaired) electrons. The number of anilines is 1. The second-order valence-corrected chi connectivity index (χ2v) is 4.92. The Morgan fingerprint density at radius 2 is 1.33 bits per heavy atom. The Labute approximate surface area is 94.1 Å². The summed E-state index contributed by atoms with van der Waals surface area (Å²) < 4.78 is 0. The number of hydrogen-bond acceptors (Lipinski definition) is 1. The van der Waals surface area contributed by atoms with E-state index in [9.17, 15) is 0 Å². The van der Waals surface area contributed by atoms with Crippen molar-refractivity contribution in [3.8, 4) is 0 Å². The second-order valence-electron chi connectivity index (χ2n) is 4.92. The first-order valence-corrected chi connectivity index (χ1v) is 5.66. The third-order valence-electron chi connectivity index (χ3n) is 2.72. The van der Waals surface area contributed by atoms with Crippen LogP contribution in [0.1, 0.15) is 50.7 Å². The maximum absolute atomic E-state index is 3.26. The molecule has 0 spiro atoms. The molecule has 83 valence electrons. The van der Waals surface area contributed by atoms with Crippen LogP contribution in [0.25, 0.3) is 0 Å². The van der Waals surface area contributed by atoms with Crippen LogP contribution in [-0.2, 0) is 0 Å². The predicted molar refractivity (Wildman–Crippen MR) is 67.8 cm³/mol. The van der Waals surface area contributed by atoms with Crippen LogP contribution < -0.4 is 4.90 Å². The topological polar surface area (TPSA) is 3.24 Å². The van der Waals surface area contributed by atoms with Gasteiger partial charge in [-0.15, -0.1) is 0 Å². The zero-order valence-corrected chi connectivity index (χ0v) is 10.8. The maximum Gasteiger partial charge on any atom is 0.0431 e. The highest BCUT2D eigenvalue weighted by Gasteiger charge is 2.14. The van der Waals surface area contributed by atoms with Crippen molar-refractivity contribution in [3.05, 3.63) is 29.3 Å². The SMILES string of the molecule is CC(C)c1c[c]cc(C(C)C)c1N(C)C. The standard InChI is InChI=1S/C14H22N/c1-10(2)12-8-7-9-13(11(3)4)14(12)15(5)6/h8-11H,1-6H3. The summed E-state index contributed by atoms with van der Waals surface area (Å²) >= 11 is 0.